The van der Waals surface area contributed by atoms with Gasteiger partial charge in [0.15, 0.2) is 0 Å². The molecule has 18 heavy (non-hydrogen) atoms. The van der Waals surface area contributed by atoms with Crippen LogP contribution in [0.1, 0.15) is 5.56 Å². The SMILES string of the molecule is N#Cc1ccccc1-c1nc2cc(N)ccc2[nH]1. The van der Waals surface area contributed by atoms with E-state index in [9.17, 15) is 0 Å². The van der Waals surface area contributed by atoms with Gasteiger partial charge in [-0.15, -0.1) is 0 Å². The van der Waals surface area contributed by atoms with Gasteiger partial charge in [-0.3, -0.25) is 0 Å². The molecule has 4 heteroatoms. The normalized spacial score (nSPS) is 10.4. The number of aromatic amines is 1. The lowest BCUT2D eigenvalue weighted by molar-refractivity contribution is 1.32. The number of nitriles is 1. The van der Waals surface area contributed by atoms with Crippen molar-refractivity contribution in [2.75, 3.05) is 5.73 Å². The number of rotatable bonds is 1. The number of anilines is 1. The van der Waals surface area contributed by atoms with Crippen LogP contribution < -0.4 is 5.73 Å². The lowest BCUT2D eigenvalue weighted by Gasteiger charge is -1.98. The topological polar surface area (TPSA) is 78.5 Å². The lowest BCUT2D eigenvalue weighted by atomic mass is 10.1. The average Bonchev–Trinajstić information content (AvgIpc) is 2.81. The van der Waals surface area contributed by atoms with Crippen LogP contribution in [0, 0.1) is 11.3 Å². The van der Waals surface area contributed by atoms with Crippen LogP contribution in [-0.4, -0.2) is 9.97 Å². The monoisotopic (exact) mass is 234 g/mol. The average molecular weight is 234 g/mol. The van der Waals surface area contributed by atoms with E-state index < -0.39 is 0 Å². The summed E-state index contributed by atoms with van der Waals surface area (Å²) in [5.41, 5.74) is 9.51. The Labute approximate surface area is 104 Å². The Bertz CT molecular complexity index is 765. The van der Waals surface area contributed by atoms with Crippen LogP contribution in [0.3, 0.4) is 0 Å². The summed E-state index contributed by atoms with van der Waals surface area (Å²) in [7, 11) is 0. The minimum atomic E-state index is 0.601. The highest BCUT2D eigenvalue weighted by Crippen LogP contribution is 2.24. The van der Waals surface area contributed by atoms with Crippen molar-refractivity contribution in [1.29, 1.82) is 5.26 Å². The van der Waals surface area contributed by atoms with Crippen molar-refractivity contribution in [2.45, 2.75) is 0 Å². The maximum absolute atomic E-state index is 9.09. The van der Waals surface area contributed by atoms with E-state index in [4.69, 9.17) is 11.0 Å². The number of benzene rings is 2. The summed E-state index contributed by atoms with van der Waals surface area (Å²) in [4.78, 5) is 7.66. The Kier molecular flexibility index (Phi) is 2.24. The number of hydrogen-bond donors (Lipinski definition) is 2. The molecule has 0 unspecified atom stereocenters. The summed E-state index contributed by atoms with van der Waals surface area (Å²) in [6.45, 7) is 0. The maximum Gasteiger partial charge on any atom is 0.139 e. The van der Waals surface area contributed by atoms with Crippen LogP contribution in [0.2, 0.25) is 0 Å². The molecule has 0 bridgehead atoms. The fourth-order valence-electron chi connectivity index (χ4n) is 1.94. The maximum atomic E-state index is 9.09. The van der Waals surface area contributed by atoms with Crippen LogP contribution in [-0.2, 0) is 0 Å². The zero-order valence-electron chi connectivity index (χ0n) is 9.51. The Morgan fingerprint density at radius 1 is 1.17 bits per heavy atom. The summed E-state index contributed by atoms with van der Waals surface area (Å²) in [6, 6.07) is 15.1. The molecule has 1 aromatic heterocycles. The molecule has 2 aromatic carbocycles. The largest absolute Gasteiger partial charge is 0.399 e. The molecule has 1 heterocycles. The van der Waals surface area contributed by atoms with E-state index in [1.54, 1.807) is 6.07 Å². The Morgan fingerprint density at radius 2 is 2.00 bits per heavy atom. The predicted molar refractivity (Wildman–Crippen MR) is 70.7 cm³/mol. The zero-order valence-corrected chi connectivity index (χ0v) is 9.51. The second-order valence-electron chi connectivity index (χ2n) is 4.02. The van der Waals surface area contributed by atoms with Gasteiger partial charge >= 0.3 is 0 Å². The molecule has 4 nitrogen and oxygen atoms in total. The molecule has 3 rings (SSSR count). The molecule has 0 aliphatic carbocycles. The van der Waals surface area contributed by atoms with Crippen LogP contribution in [0.4, 0.5) is 5.69 Å². The second kappa shape index (κ2) is 3.90. The minimum Gasteiger partial charge on any atom is -0.399 e. The summed E-state index contributed by atoms with van der Waals surface area (Å²) in [5, 5.41) is 9.09. The first-order valence-electron chi connectivity index (χ1n) is 5.52. The van der Waals surface area contributed by atoms with Crippen LogP contribution in [0.25, 0.3) is 22.4 Å². The first-order valence-corrected chi connectivity index (χ1v) is 5.52. The highest BCUT2D eigenvalue weighted by Gasteiger charge is 2.09. The van der Waals surface area contributed by atoms with Gasteiger partial charge in [0, 0.05) is 11.3 Å². The third-order valence-corrected chi connectivity index (χ3v) is 2.81. The first kappa shape index (κ1) is 10.4. The molecule has 0 aliphatic heterocycles. The van der Waals surface area contributed by atoms with E-state index in [-0.39, 0.29) is 0 Å². The Morgan fingerprint density at radius 3 is 2.83 bits per heavy atom. The molecule has 0 amide bonds. The fraction of sp³-hybridized carbons (Fsp3) is 0. The summed E-state index contributed by atoms with van der Waals surface area (Å²) >= 11 is 0. The number of nitrogens with two attached hydrogens (primary N) is 1. The molecule has 0 saturated heterocycles. The van der Waals surface area contributed by atoms with Crippen LogP contribution in [0.5, 0.6) is 0 Å². The second-order valence-corrected chi connectivity index (χ2v) is 4.02. The van der Waals surface area contributed by atoms with Gasteiger partial charge in [-0.2, -0.15) is 5.26 Å². The van der Waals surface area contributed by atoms with Crippen LogP contribution >= 0.6 is 0 Å². The molecule has 0 aliphatic rings. The standard InChI is InChI=1S/C14H10N4/c15-8-9-3-1-2-4-11(9)14-17-12-6-5-10(16)7-13(12)18-14/h1-7H,16H2,(H,17,18). The quantitative estimate of drug-likeness (QED) is 0.635. The van der Waals surface area contributed by atoms with E-state index in [1.165, 1.54) is 0 Å². The lowest BCUT2D eigenvalue weighted by Crippen LogP contribution is -1.85. The number of H-pyrrole nitrogens is 1. The summed E-state index contributed by atoms with van der Waals surface area (Å²) in [6.07, 6.45) is 0. The number of nitrogens with one attached hydrogen (secondary N) is 1. The van der Waals surface area contributed by atoms with E-state index in [0.717, 1.165) is 16.6 Å². The van der Waals surface area contributed by atoms with Crippen molar-refractivity contribution in [3.63, 3.8) is 0 Å². The van der Waals surface area contributed by atoms with Crippen molar-refractivity contribution in [1.82, 2.24) is 9.97 Å². The van der Waals surface area contributed by atoms with Crippen molar-refractivity contribution >= 4 is 16.7 Å². The number of imidazole rings is 1. The van der Waals surface area contributed by atoms with E-state index in [2.05, 4.69) is 16.0 Å². The van der Waals surface area contributed by atoms with Crippen molar-refractivity contribution in [3.8, 4) is 17.5 Å². The molecule has 0 radical (unpaired) electrons. The minimum absolute atomic E-state index is 0.601. The Hall–Kier alpha value is -2.80. The Balaban J connectivity index is 2.23. The highest BCUT2D eigenvalue weighted by molar-refractivity contribution is 5.83. The van der Waals surface area contributed by atoms with E-state index in [1.807, 2.05) is 36.4 Å². The van der Waals surface area contributed by atoms with Gasteiger partial charge in [-0.05, 0) is 30.3 Å². The van der Waals surface area contributed by atoms with Gasteiger partial charge in [0.05, 0.1) is 22.7 Å². The molecular weight excluding hydrogens is 224 g/mol. The number of nitrogens with zero attached hydrogens (tertiary/aromatic N) is 2. The van der Waals surface area contributed by atoms with E-state index >= 15 is 0 Å². The smallest absolute Gasteiger partial charge is 0.139 e. The summed E-state index contributed by atoms with van der Waals surface area (Å²) < 4.78 is 0. The molecule has 0 fully saturated rings. The fourth-order valence-corrected chi connectivity index (χ4v) is 1.94. The van der Waals surface area contributed by atoms with Gasteiger partial charge in [-0.1, -0.05) is 12.1 Å². The number of fused-ring (bicyclic) bond motifs is 1. The highest BCUT2D eigenvalue weighted by atomic mass is 14.9. The van der Waals surface area contributed by atoms with Crippen LogP contribution in [0.15, 0.2) is 42.5 Å². The van der Waals surface area contributed by atoms with Gasteiger partial charge in [0.25, 0.3) is 0 Å². The van der Waals surface area contributed by atoms with Crippen molar-refractivity contribution in [2.24, 2.45) is 0 Å². The van der Waals surface area contributed by atoms with Crippen molar-refractivity contribution in [3.05, 3.63) is 48.0 Å². The summed E-state index contributed by atoms with van der Waals surface area (Å²) in [5.74, 6) is 0.688. The predicted octanol–water partition coefficient (Wildman–Crippen LogP) is 2.68. The number of aromatic nitrogens is 2. The molecule has 3 aromatic rings. The molecular formula is C14H10N4. The van der Waals surface area contributed by atoms with Gasteiger partial charge < -0.3 is 10.7 Å². The third-order valence-electron chi connectivity index (χ3n) is 2.81. The van der Waals surface area contributed by atoms with Crippen molar-refractivity contribution < 1.29 is 0 Å². The zero-order chi connectivity index (χ0) is 12.5. The number of nitrogen functional groups attached to an aromatic ring is 1. The van der Waals surface area contributed by atoms with E-state index in [0.29, 0.717) is 17.1 Å². The molecule has 0 atom stereocenters. The number of hydrogen-bond acceptors (Lipinski definition) is 3. The molecule has 3 N–H and O–H groups in total. The third kappa shape index (κ3) is 1.59. The molecule has 86 valence electrons. The van der Waals surface area contributed by atoms with Gasteiger partial charge in [0.2, 0.25) is 0 Å². The van der Waals surface area contributed by atoms with Gasteiger partial charge in [-0.25, -0.2) is 4.98 Å². The first-order chi connectivity index (χ1) is 8.78. The molecule has 0 saturated carbocycles. The van der Waals surface area contributed by atoms with Gasteiger partial charge in [0.1, 0.15) is 5.82 Å². The molecule has 0 spiro atoms.